The molecule has 3 aliphatic rings. The number of ether oxygens (including phenoxy) is 2. The lowest BCUT2D eigenvalue weighted by Gasteiger charge is -2.45. The molecule has 4 heteroatoms. The van der Waals surface area contributed by atoms with E-state index in [-0.39, 0.29) is 18.0 Å². The molecule has 0 amide bonds. The van der Waals surface area contributed by atoms with Gasteiger partial charge in [0.25, 0.3) is 0 Å². The van der Waals surface area contributed by atoms with Gasteiger partial charge in [0, 0.05) is 6.42 Å². The van der Waals surface area contributed by atoms with Crippen LogP contribution in [0.3, 0.4) is 0 Å². The first kappa shape index (κ1) is 12.3. The van der Waals surface area contributed by atoms with Crippen LogP contribution in [-0.2, 0) is 14.3 Å². The van der Waals surface area contributed by atoms with Crippen molar-refractivity contribution < 1.29 is 19.4 Å². The highest BCUT2D eigenvalue weighted by atomic mass is 16.8. The van der Waals surface area contributed by atoms with Crippen LogP contribution in [0.4, 0.5) is 0 Å². The normalized spacial score (nSPS) is 46.4. The van der Waals surface area contributed by atoms with Crippen molar-refractivity contribution in [1.82, 2.24) is 0 Å². The Bertz CT molecular complexity index is 401. The maximum absolute atomic E-state index is 12.4. The standard InChI is InChI=1S/C14H20O4/c1-13(2)17-9-6-7-11(16)14(12(9)18-13)8-4-3-5-10(14)15/h6-7,9,11-12,16H,3-5,8H2,1-2H3/t9-,11+,12-,14-/m0/s1. The summed E-state index contributed by atoms with van der Waals surface area (Å²) < 4.78 is 11.7. The fourth-order valence-electron chi connectivity index (χ4n) is 3.57. The molecule has 1 saturated carbocycles. The monoisotopic (exact) mass is 252 g/mol. The SMILES string of the molecule is CC1(C)O[C@H]2C=C[C@@H](O)[C@@]3(CCCCC3=O)[C@H]2O1. The number of fused-ring (bicyclic) bond motifs is 2. The van der Waals surface area contributed by atoms with Gasteiger partial charge >= 0.3 is 0 Å². The summed E-state index contributed by atoms with van der Waals surface area (Å²) in [4.78, 5) is 12.4. The van der Waals surface area contributed by atoms with Gasteiger partial charge in [0.05, 0.1) is 11.5 Å². The minimum atomic E-state index is -0.786. The Labute approximate surface area is 107 Å². The number of aliphatic hydroxyl groups excluding tert-OH is 1. The van der Waals surface area contributed by atoms with E-state index in [4.69, 9.17) is 9.47 Å². The summed E-state index contributed by atoms with van der Waals surface area (Å²) in [6.45, 7) is 3.71. The zero-order valence-corrected chi connectivity index (χ0v) is 10.9. The van der Waals surface area contributed by atoms with E-state index in [2.05, 4.69) is 0 Å². The van der Waals surface area contributed by atoms with Crippen molar-refractivity contribution in [2.75, 3.05) is 0 Å². The molecule has 1 heterocycles. The molecule has 1 aliphatic heterocycles. The maximum Gasteiger partial charge on any atom is 0.164 e. The number of carbonyl (C=O) groups excluding carboxylic acids is 1. The van der Waals surface area contributed by atoms with Crippen LogP contribution in [0.15, 0.2) is 12.2 Å². The van der Waals surface area contributed by atoms with Crippen molar-refractivity contribution in [2.45, 2.75) is 63.6 Å². The molecule has 1 saturated heterocycles. The molecule has 1 spiro atoms. The smallest absolute Gasteiger partial charge is 0.164 e. The van der Waals surface area contributed by atoms with Gasteiger partial charge in [-0.1, -0.05) is 18.6 Å². The minimum Gasteiger partial charge on any atom is -0.388 e. The molecule has 0 unspecified atom stereocenters. The molecule has 3 rings (SSSR count). The summed E-state index contributed by atoms with van der Waals surface area (Å²) in [5, 5.41) is 10.3. The van der Waals surface area contributed by atoms with Crippen LogP contribution in [0.5, 0.6) is 0 Å². The van der Waals surface area contributed by atoms with Gasteiger partial charge < -0.3 is 14.6 Å². The highest BCUT2D eigenvalue weighted by Crippen LogP contribution is 2.49. The Kier molecular flexibility index (Phi) is 2.66. The highest BCUT2D eigenvalue weighted by Gasteiger charge is 2.60. The minimum absolute atomic E-state index is 0.127. The fourth-order valence-corrected chi connectivity index (χ4v) is 3.57. The van der Waals surface area contributed by atoms with E-state index >= 15 is 0 Å². The molecule has 2 fully saturated rings. The van der Waals surface area contributed by atoms with Crippen molar-refractivity contribution >= 4 is 5.78 Å². The second-order valence-corrected chi connectivity index (χ2v) is 6.02. The van der Waals surface area contributed by atoms with Gasteiger partial charge in [0.1, 0.15) is 18.0 Å². The lowest BCUT2D eigenvalue weighted by Crippen LogP contribution is -2.57. The van der Waals surface area contributed by atoms with Gasteiger partial charge in [-0.25, -0.2) is 0 Å². The predicted octanol–water partition coefficient (Wildman–Crippen LogP) is 1.57. The number of Topliss-reactive ketones (excluding diaryl/α,β-unsaturated/α-hetero) is 1. The molecule has 0 aromatic carbocycles. The highest BCUT2D eigenvalue weighted by molar-refractivity contribution is 5.87. The number of carbonyl (C=O) groups is 1. The third-order valence-corrected chi connectivity index (χ3v) is 4.41. The van der Waals surface area contributed by atoms with Crippen LogP contribution in [0.2, 0.25) is 0 Å². The molecule has 0 aromatic heterocycles. The van der Waals surface area contributed by atoms with Crippen molar-refractivity contribution in [3.05, 3.63) is 12.2 Å². The number of rotatable bonds is 0. The quantitative estimate of drug-likeness (QED) is 0.665. The van der Waals surface area contributed by atoms with E-state index in [0.717, 1.165) is 12.8 Å². The predicted molar refractivity (Wildman–Crippen MR) is 64.9 cm³/mol. The number of hydrogen-bond acceptors (Lipinski definition) is 4. The van der Waals surface area contributed by atoms with E-state index in [1.165, 1.54) is 0 Å². The van der Waals surface area contributed by atoms with Gasteiger partial charge in [-0.05, 0) is 26.7 Å². The zero-order valence-electron chi connectivity index (χ0n) is 10.9. The molecule has 0 bridgehead atoms. The zero-order chi connectivity index (χ0) is 13.0. The third-order valence-electron chi connectivity index (χ3n) is 4.41. The van der Waals surface area contributed by atoms with E-state index < -0.39 is 17.3 Å². The third kappa shape index (κ3) is 1.59. The van der Waals surface area contributed by atoms with Gasteiger partial charge in [-0.2, -0.15) is 0 Å². The lowest BCUT2D eigenvalue weighted by atomic mass is 9.62. The summed E-state index contributed by atoms with van der Waals surface area (Å²) in [6.07, 6.45) is 5.33. The molecule has 0 aromatic rings. The van der Waals surface area contributed by atoms with Crippen LogP contribution in [0, 0.1) is 5.41 Å². The molecule has 2 aliphatic carbocycles. The molecule has 1 N–H and O–H groups in total. The Hall–Kier alpha value is -0.710. The van der Waals surface area contributed by atoms with Crippen LogP contribution < -0.4 is 0 Å². The Morgan fingerprint density at radius 3 is 2.78 bits per heavy atom. The van der Waals surface area contributed by atoms with Crippen molar-refractivity contribution in [1.29, 1.82) is 0 Å². The molecule has 4 atom stereocenters. The molecule has 100 valence electrons. The second-order valence-electron chi connectivity index (χ2n) is 6.02. The van der Waals surface area contributed by atoms with Gasteiger partial charge in [-0.3, -0.25) is 4.79 Å². The first-order valence-corrected chi connectivity index (χ1v) is 6.71. The first-order chi connectivity index (χ1) is 8.46. The number of aliphatic hydroxyl groups is 1. The Balaban J connectivity index is 2.01. The first-order valence-electron chi connectivity index (χ1n) is 6.71. The molecular weight excluding hydrogens is 232 g/mol. The summed E-state index contributed by atoms with van der Waals surface area (Å²) >= 11 is 0. The molecule has 18 heavy (non-hydrogen) atoms. The van der Waals surface area contributed by atoms with Crippen molar-refractivity contribution in [2.24, 2.45) is 5.41 Å². The van der Waals surface area contributed by atoms with Gasteiger partial charge in [-0.15, -0.1) is 0 Å². The average Bonchev–Trinajstić information content (AvgIpc) is 2.62. The summed E-state index contributed by atoms with van der Waals surface area (Å²) in [6, 6.07) is 0. The average molecular weight is 252 g/mol. The second kappa shape index (κ2) is 3.89. The molecular formula is C14H20O4. The summed E-state index contributed by atoms with van der Waals surface area (Å²) in [7, 11) is 0. The Morgan fingerprint density at radius 1 is 1.28 bits per heavy atom. The molecule has 4 nitrogen and oxygen atoms in total. The van der Waals surface area contributed by atoms with Gasteiger partial charge in [0.15, 0.2) is 5.79 Å². The van der Waals surface area contributed by atoms with E-state index in [1.807, 2.05) is 19.9 Å². The summed E-state index contributed by atoms with van der Waals surface area (Å²) in [5.74, 6) is -0.559. The van der Waals surface area contributed by atoms with Gasteiger partial charge in [0.2, 0.25) is 0 Å². The van der Waals surface area contributed by atoms with Crippen molar-refractivity contribution in [3.63, 3.8) is 0 Å². The summed E-state index contributed by atoms with van der Waals surface area (Å²) in [5.41, 5.74) is -0.786. The van der Waals surface area contributed by atoms with E-state index in [0.29, 0.717) is 12.8 Å². The van der Waals surface area contributed by atoms with E-state index in [1.54, 1.807) is 6.08 Å². The largest absolute Gasteiger partial charge is 0.388 e. The lowest BCUT2D eigenvalue weighted by molar-refractivity contribution is -0.174. The number of ketones is 1. The van der Waals surface area contributed by atoms with Crippen molar-refractivity contribution in [3.8, 4) is 0 Å². The fraction of sp³-hybridized carbons (Fsp3) is 0.786. The topological polar surface area (TPSA) is 55.8 Å². The van der Waals surface area contributed by atoms with Crippen LogP contribution in [0.1, 0.15) is 39.5 Å². The molecule has 0 radical (unpaired) electrons. The number of hydrogen-bond donors (Lipinski definition) is 1. The van der Waals surface area contributed by atoms with Crippen LogP contribution in [-0.4, -0.2) is 35.0 Å². The van der Waals surface area contributed by atoms with Crippen LogP contribution >= 0.6 is 0 Å². The maximum atomic E-state index is 12.4. The van der Waals surface area contributed by atoms with Crippen LogP contribution in [0.25, 0.3) is 0 Å². The Morgan fingerprint density at radius 2 is 2.06 bits per heavy atom. The van der Waals surface area contributed by atoms with E-state index in [9.17, 15) is 9.90 Å².